The van der Waals surface area contributed by atoms with E-state index in [0.717, 1.165) is 16.5 Å². The van der Waals surface area contributed by atoms with Gasteiger partial charge in [-0.1, -0.05) is 0 Å². The Morgan fingerprint density at radius 2 is 1.90 bits per heavy atom. The highest BCUT2D eigenvalue weighted by atomic mass is 32.1. The molecule has 0 radical (unpaired) electrons. The van der Waals surface area contributed by atoms with Crippen LogP contribution in [0.15, 0.2) is 30.5 Å². The van der Waals surface area contributed by atoms with Crippen molar-refractivity contribution >= 4 is 17.2 Å². The predicted molar refractivity (Wildman–Crippen MR) is 79.9 cm³/mol. The van der Waals surface area contributed by atoms with Gasteiger partial charge in [-0.25, -0.2) is 4.98 Å². The lowest BCUT2D eigenvalue weighted by Crippen LogP contribution is -2.08. The summed E-state index contributed by atoms with van der Waals surface area (Å²) in [5.41, 5.74) is 5.40. The number of nitrogens with two attached hydrogens (primary N) is 1. The number of hydrogen-bond acceptors (Lipinski definition) is 5. The van der Waals surface area contributed by atoms with Crippen molar-refractivity contribution < 1.29 is 9.47 Å². The van der Waals surface area contributed by atoms with Crippen molar-refractivity contribution in [3.8, 4) is 11.5 Å². The topological polar surface area (TPSA) is 81.2 Å². The lowest BCUT2D eigenvalue weighted by molar-refractivity contribution is 0.318. The zero-order chi connectivity index (χ0) is 14.4. The standard InChI is InChI=1S/C14H17N3O2S/c1-2-18-10-3-5-11(6-4-10)19-8-7-13-17-9-12(20-13)14(15)16/h3-6,9H,2,7-8H2,1H3,(H3,15,16). The van der Waals surface area contributed by atoms with Crippen LogP contribution in [0.25, 0.3) is 0 Å². The molecule has 106 valence electrons. The summed E-state index contributed by atoms with van der Waals surface area (Å²) in [5.74, 6) is 1.70. The summed E-state index contributed by atoms with van der Waals surface area (Å²) in [4.78, 5) is 4.90. The second-order valence-electron chi connectivity index (χ2n) is 4.03. The fourth-order valence-corrected chi connectivity index (χ4v) is 2.37. The van der Waals surface area contributed by atoms with Crippen LogP contribution in [0.4, 0.5) is 0 Å². The van der Waals surface area contributed by atoms with Crippen LogP contribution in [0.1, 0.15) is 16.8 Å². The first kappa shape index (κ1) is 14.3. The SMILES string of the molecule is CCOc1ccc(OCCc2ncc(C(=N)N)s2)cc1. The number of nitrogens with one attached hydrogen (secondary N) is 1. The van der Waals surface area contributed by atoms with E-state index < -0.39 is 0 Å². The summed E-state index contributed by atoms with van der Waals surface area (Å²) < 4.78 is 11.0. The van der Waals surface area contributed by atoms with E-state index in [2.05, 4.69) is 4.98 Å². The molecule has 1 heterocycles. The first-order chi connectivity index (χ1) is 9.69. The molecule has 0 unspecified atom stereocenters. The third-order valence-electron chi connectivity index (χ3n) is 2.54. The zero-order valence-corrected chi connectivity index (χ0v) is 12.1. The van der Waals surface area contributed by atoms with Gasteiger partial charge in [0, 0.05) is 12.6 Å². The van der Waals surface area contributed by atoms with Gasteiger partial charge in [0.2, 0.25) is 0 Å². The fourth-order valence-electron chi connectivity index (χ4n) is 1.61. The maximum Gasteiger partial charge on any atom is 0.134 e. The van der Waals surface area contributed by atoms with E-state index in [1.807, 2.05) is 31.2 Å². The molecule has 0 aliphatic rings. The second kappa shape index (κ2) is 6.91. The number of nitrogen functional groups attached to an aromatic ring is 1. The molecule has 0 bridgehead atoms. The number of aromatic nitrogens is 1. The van der Waals surface area contributed by atoms with Gasteiger partial charge in [-0.05, 0) is 31.2 Å². The van der Waals surface area contributed by atoms with Crippen molar-refractivity contribution in [2.45, 2.75) is 13.3 Å². The third-order valence-corrected chi connectivity index (χ3v) is 3.63. The molecule has 1 aromatic heterocycles. The van der Waals surface area contributed by atoms with Gasteiger partial charge in [0.1, 0.15) is 17.3 Å². The molecule has 5 nitrogen and oxygen atoms in total. The Morgan fingerprint density at radius 1 is 1.25 bits per heavy atom. The van der Waals surface area contributed by atoms with E-state index in [9.17, 15) is 0 Å². The van der Waals surface area contributed by atoms with Crippen LogP contribution in [0.3, 0.4) is 0 Å². The highest BCUT2D eigenvalue weighted by Crippen LogP contribution is 2.18. The maximum absolute atomic E-state index is 7.32. The van der Waals surface area contributed by atoms with Crippen LogP contribution < -0.4 is 15.2 Å². The van der Waals surface area contributed by atoms with Crippen molar-refractivity contribution in [3.05, 3.63) is 40.3 Å². The summed E-state index contributed by atoms with van der Waals surface area (Å²) in [6, 6.07) is 7.54. The highest BCUT2D eigenvalue weighted by Gasteiger charge is 2.04. The van der Waals surface area contributed by atoms with E-state index in [1.165, 1.54) is 11.3 Å². The number of rotatable bonds is 7. The van der Waals surface area contributed by atoms with Gasteiger partial charge in [-0.15, -0.1) is 11.3 Å². The van der Waals surface area contributed by atoms with Crippen LogP contribution in [0.2, 0.25) is 0 Å². The number of ether oxygens (including phenoxy) is 2. The number of amidine groups is 1. The normalized spacial score (nSPS) is 10.2. The van der Waals surface area contributed by atoms with Gasteiger partial charge in [0.05, 0.1) is 23.1 Å². The molecule has 0 aliphatic carbocycles. The van der Waals surface area contributed by atoms with Crippen molar-refractivity contribution in [1.82, 2.24) is 4.98 Å². The molecule has 0 saturated carbocycles. The first-order valence-corrected chi connectivity index (χ1v) is 7.15. The number of benzene rings is 1. The average Bonchev–Trinajstić information content (AvgIpc) is 2.90. The second-order valence-corrected chi connectivity index (χ2v) is 5.15. The summed E-state index contributed by atoms with van der Waals surface area (Å²) in [7, 11) is 0. The third kappa shape index (κ3) is 3.96. The molecule has 0 atom stereocenters. The lowest BCUT2D eigenvalue weighted by atomic mass is 10.3. The van der Waals surface area contributed by atoms with Crippen molar-refractivity contribution in [2.75, 3.05) is 13.2 Å². The maximum atomic E-state index is 7.32. The van der Waals surface area contributed by atoms with E-state index in [4.69, 9.17) is 20.6 Å². The minimum atomic E-state index is 0.0566. The van der Waals surface area contributed by atoms with Crippen LogP contribution in [0.5, 0.6) is 11.5 Å². The van der Waals surface area contributed by atoms with E-state index in [1.54, 1.807) is 6.20 Å². The summed E-state index contributed by atoms with van der Waals surface area (Å²) >= 11 is 1.42. The van der Waals surface area contributed by atoms with E-state index in [-0.39, 0.29) is 5.84 Å². The van der Waals surface area contributed by atoms with Crippen molar-refractivity contribution in [2.24, 2.45) is 5.73 Å². The molecule has 0 fully saturated rings. The number of thiazole rings is 1. The Kier molecular flexibility index (Phi) is 4.95. The Labute approximate surface area is 121 Å². The molecule has 0 saturated heterocycles. The van der Waals surface area contributed by atoms with E-state index in [0.29, 0.717) is 24.5 Å². The summed E-state index contributed by atoms with van der Waals surface area (Å²) in [6.45, 7) is 3.15. The van der Waals surface area contributed by atoms with Crippen LogP contribution in [-0.2, 0) is 6.42 Å². The molecule has 0 amide bonds. The predicted octanol–water partition coefficient (Wildman–Crippen LogP) is 2.45. The molecule has 2 rings (SSSR count). The van der Waals surface area contributed by atoms with Gasteiger partial charge < -0.3 is 15.2 Å². The molecular formula is C14H17N3O2S. The van der Waals surface area contributed by atoms with Crippen LogP contribution in [-0.4, -0.2) is 24.0 Å². The lowest BCUT2D eigenvalue weighted by Gasteiger charge is -2.06. The molecule has 1 aromatic carbocycles. The molecule has 3 N–H and O–H groups in total. The molecule has 0 spiro atoms. The van der Waals surface area contributed by atoms with Crippen molar-refractivity contribution in [1.29, 1.82) is 5.41 Å². The highest BCUT2D eigenvalue weighted by molar-refractivity contribution is 7.13. The molecule has 6 heteroatoms. The average molecular weight is 291 g/mol. The number of hydrogen-bond donors (Lipinski definition) is 2. The van der Waals surface area contributed by atoms with Crippen molar-refractivity contribution in [3.63, 3.8) is 0 Å². The largest absolute Gasteiger partial charge is 0.494 e. The Hall–Kier alpha value is -2.08. The molecule has 20 heavy (non-hydrogen) atoms. The zero-order valence-electron chi connectivity index (χ0n) is 11.3. The first-order valence-electron chi connectivity index (χ1n) is 6.34. The number of nitrogens with zero attached hydrogens (tertiary/aromatic N) is 1. The van der Waals surface area contributed by atoms with Gasteiger partial charge in [-0.3, -0.25) is 5.41 Å². The van der Waals surface area contributed by atoms with Crippen LogP contribution >= 0.6 is 11.3 Å². The van der Waals surface area contributed by atoms with Crippen LogP contribution in [0, 0.1) is 5.41 Å². The molecular weight excluding hydrogens is 274 g/mol. The minimum absolute atomic E-state index is 0.0566. The Morgan fingerprint density at radius 3 is 2.45 bits per heavy atom. The molecule has 0 aliphatic heterocycles. The van der Waals surface area contributed by atoms with Gasteiger partial charge in [0.25, 0.3) is 0 Å². The Balaban J connectivity index is 1.81. The summed E-state index contributed by atoms with van der Waals surface area (Å²) in [5, 5.41) is 8.24. The monoisotopic (exact) mass is 291 g/mol. The van der Waals surface area contributed by atoms with Gasteiger partial charge >= 0.3 is 0 Å². The van der Waals surface area contributed by atoms with Gasteiger partial charge in [-0.2, -0.15) is 0 Å². The summed E-state index contributed by atoms with van der Waals surface area (Å²) in [6.07, 6.45) is 2.32. The quantitative estimate of drug-likeness (QED) is 0.606. The van der Waals surface area contributed by atoms with Gasteiger partial charge in [0.15, 0.2) is 0 Å². The molecule has 2 aromatic rings. The minimum Gasteiger partial charge on any atom is -0.494 e. The fraction of sp³-hybridized carbons (Fsp3) is 0.286. The smallest absolute Gasteiger partial charge is 0.134 e. The Bertz CT molecular complexity index is 566. The van der Waals surface area contributed by atoms with E-state index >= 15 is 0 Å².